The summed E-state index contributed by atoms with van der Waals surface area (Å²) in [5.74, 6) is -1.30. The minimum atomic E-state index is -3.52. The predicted octanol–water partition coefficient (Wildman–Crippen LogP) is 12.4. The van der Waals surface area contributed by atoms with E-state index >= 15 is 0 Å². The summed E-state index contributed by atoms with van der Waals surface area (Å²) in [5, 5.41) is 29.7. The van der Waals surface area contributed by atoms with E-state index in [0.29, 0.717) is 12.8 Å². The van der Waals surface area contributed by atoms with Crippen molar-refractivity contribution < 1.29 is 41.6 Å². The molecule has 372 valence electrons. The van der Waals surface area contributed by atoms with E-state index in [0.717, 1.165) is 38.5 Å². The van der Waals surface area contributed by atoms with Crippen LogP contribution in [0.1, 0.15) is 240 Å². The van der Waals surface area contributed by atoms with E-state index in [-0.39, 0.29) is 57.2 Å². The molecule has 0 aromatic rings. The Balaban J connectivity index is 0.00000368. The van der Waals surface area contributed by atoms with E-state index in [4.69, 9.17) is 9.47 Å². The van der Waals surface area contributed by atoms with Crippen LogP contribution < -0.4 is 0 Å². The molecule has 0 aromatic heterocycles. The first-order valence-corrected chi connectivity index (χ1v) is 34.0. The zero-order valence-corrected chi connectivity index (χ0v) is 45.5. The third-order valence-electron chi connectivity index (χ3n) is 12.2. The number of sulfone groups is 2. The van der Waals surface area contributed by atoms with Crippen molar-refractivity contribution in [3.63, 3.8) is 0 Å². The molecule has 0 aliphatic carbocycles. The molecule has 0 unspecified atom stereocenters. The summed E-state index contributed by atoms with van der Waals surface area (Å²) < 4.78 is 67.4. The Morgan fingerprint density at radius 3 is 1.16 bits per heavy atom. The van der Waals surface area contributed by atoms with Crippen LogP contribution in [0.2, 0.25) is 8.87 Å². The van der Waals surface area contributed by atoms with Gasteiger partial charge < -0.3 is 24.8 Å². The van der Waals surface area contributed by atoms with E-state index in [9.17, 15) is 32.2 Å². The van der Waals surface area contributed by atoms with E-state index in [2.05, 4.69) is 27.7 Å². The van der Waals surface area contributed by atoms with Crippen molar-refractivity contribution in [2.24, 2.45) is 5.92 Å². The van der Waals surface area contributed by atoms with Crippen LogP contribution in [-0.4, -0.2) is 114 Å². The van der Waals surface area contributed by atoms with Crippen molar-refractivity contribution in [2.45, 2.75) is 273 Å². The van der Waals surface area contributed by atoms with Crippen LogP contribution in [0.25, 0.3) is 0 Å². The number of rotatable bonds is 44. The van der Waals surface area contributed by atoms with Crippen LogP contribution in [0, 0.1) is 5.92 Å². The average molecular weight is 1030 g/mol. The Kier molecular flexibility index (Phi) is 44.4. The normalized spacial score (nSPS) is 18.3. The monoisotopic (exact) mass is 1030 g/mol. The molecule has 0 amide bonds. The molecule has 1 aliphatic rings. The molecule has 1 saturated heterocycles. The van der Waals surface area contributed by atoms with Gasteiger partial charge >= 0.3 is 69.5 Å². The predicted molar refractivity (Wildman–Crippen MR) is 265 cm³/mol. The van der Waals surface area contributed by atoms with Crippen LogP contribution in [0.4, 0.5) is 0 Å². The topological polar surface area (TPSA) is 147 Å². The van der Waals surface area contributed by atoms with Crippen molar-refractivity contribution in [3.8, 4) is 0 Å². The third kappa shape index (κ3) is 39.6. The SMILES string of the molecule is CCCCCCCCCCCCCCCCS(=O)(=O)CC(CO[C@@H]1C[C@@H](O)[C@H](O)[C@@H](CO)O1)CS(=O)(=O)CCCCCCCCCCCCCCCC.CCC[CH2][Sn][CH2]CCC. The van der Waals surface area contributed by atoms with Crippen molar-refractivity contribution in [1.29, 1.82) is 0 Å². The second kappa shape index (κ2) is 44.0. The van der Waals surface area contributed by atoms with Gasteiger partial charge in [0, 0.05) is 12.3 Å². The molecule has 1 fully saturated rings. The molecule has 0 spiro atoms. The average Bonchev–Trinajstić information content (AvgIpc) is 3.24. The van der Waals surface area contributed by atoms with Gasteiger partial charge in [0.1, 0.15) is 12.2 Å². The summed E-state index contributed by atoms with van der Waals surface area (Å²) in [5.41, 5.74) is 0. The van der Waals surface area contributed by atoms with Gasteiger partial charge in [-0.25, -0.2) is 16.8 Å². The van der Waals surface area contributed by atoms with Gasteiger partial charge in [0.05, 0.1) is 42.3 Å². The molecule has 0 bridgehead atoms. The summed E-state index contributed by atoms with van der Waals surface area (Å²) in [6.07, 6.45) is 34.5. The fraction of sp³-hybridized carbons (Fsp3) is 1.00. The van der Waals surface area contributed by atoms with Gasteiger partial charge in [0.25, 0.3) is 0 Å². The molecule has 3 N–H and O–H groups in total. The van der Waals surface area contributed by atoms with Gasteiger partial charge in [-0.05, 0) is 12.8 Å². The molecule has 62 heavy (non-hydrogen) atoms. The van der Waals surface area contributed by atoms with Crippen LogP contribution in [-0.2, 0) is 29.1 Å². The number of aliphatic hydroxyl groups is 3. The van der Waals surface area contributed by atoms with Gasteiger partial charge in [-0.2, -0.15) is 0 Å². The summed E-state index contributed by atoms with van der Waals surface area (Å²) >= 11 is 0.149. The minimum absolute atomic E-state index is 0.0258. The van der Waals surface area contributed by atoms with E-state index in [1.165, 1.54) is 154 Å². The first-order chi connectivity index (χ1) is 29.9. The molecule has 4 atom stereocenters. The summed E-state index contributed by atoms with van der Waals surface area (Å²) in [7, 11) is -7.04. The van der Waals surface area contributed by atoms with Crippen LogP contribution in [0.5, 0.6) is 0 Å². The van der Waals surface area contributed by atoms with Crippen molar-refractivity contribution in [2.75, 3.05) is 36.2 Å². The molecular formula is C50H102O9S2Sn. The first-order valence-electron chi connectivity index (χ1n) is 26.3. The van der Waals surface area contributed by atoms with Crippen LogP contribution in [0.3, 0.4) is 0 Å². The fourth-order valence-corrected chi connectivity index (χ4v) is 16.0. The fourth-order valence-electron chi connectivity index (χ4n) is 8.21. The van der Waals surface area contributed by atoms with Crippen LogP contribution >= 0.6 is 0 Å². The number of unbranched alkanes of at least 4 members (excludes halogenated alkanes) is 28. The van der Waals surface area contributed by atoms with E-state index in [1.54, 1.807) is 8.87 Å². The number of hydrogen-bond donors (Lipinski definition) is 3. The van der Waals surface area contributed by atoms with Gasteiger partial charge in [-0.15, -0.1) is 0 Å². The van der Waals surface area contributed by atoms with Crippen LogP contribution in [0.15, 0.2) is 0 Å². The number of hydrogen-bond acceptors (Lipinski definition) is 9. The number of ether oxygens (including phenoxy) is 2. The van der Waals surface area contributed by atoms with E-state index < -0.39 is 56.8 Å². The molecule has 1 aliphatic heterocycles. The van der Waals surface area contributed by atoms with Gasteiger partial charge in [0.15, 0.2) is 26.0 Å². The third-order valence-corrected chi connectivity index (χ3v) is 20.1. The molecule has 9 nitrogen and oxygen atoms in total. The summed E-state index contributed by atoms with van der Waals surface area (Å²) in [6.45, 7) is 8.39. The Hall–Kier alpha value is 0.499. The Labute approximate surface area is 395 Å². The molecular weight excluding hydrogens is 927 g/mol. The van der Waals surface area contributed by atoms with Crippen molar-refractivity contribution in [3.05, 3.63) is 0 Å². The molecule has 12 heteroatoms. The van der Waals surface area contributed by atoms with E-state index in [1.807, 2.05) is 0 Å². The summed E-state index contributed by atoms with van der Waals surface area (Å²) in [6, 6.07) is 0. The quantitative estimate of drug-likeness (QED) is 0.0401. The maximum absolute atomic E-state index is 13.2. The second-order valence-corrected chi connectivity index (χ2v) is 27.4. The Morgan fingerprint density at radius 1 is 0.516 bits per heavy atom. The zero-order valence-electron chi connectivity index (χ0n) is 41.0. The van der Waals surface area contributed by atoms with Gasteiger partial charge in [-0.1, -0.05) is 181 Å². The first kappa shape index (κ1) is 62.5. The van der Waals surface area contributed by atoms with Crippen molar-refractivity contribution >= 4 is 40.8 Å². The molecule has 0 aromatic carbocycles. The molecule has 1 rings (SSSR count). The maximum atomic E-state index is 13.2. The molecule has 1 heterocycles. The second-order valence-electron chi connectivity index (χ2n) is 18.7. The summed E-state index contributed by atoms with van der Waals surface area (Å²) in [4.78, 5) is 0. The molecule has 0 saturated carbocycles. The Bertz CT molecular complexity index is 1090. The number of aliphatic hydroxyl groups excluding tert-OH is 3. The standard InChI is InChI=1S/C42H84O9S2.2C4H9.Sn/c1-3-5-7-9-11-13-15-17-19-21-23-25-27-29-31-52(46,47)36-38(35-50-41-33-39(44)42(45)40(34-43)51-41)37-53(48,49)32-30-28-26-24-22-20-18-16-14-12-10-8-6-4-2;2*1-3-4-2;/h38-45H,3-37H2,1-2H3;2*1,3-4H2,2H3;/t39-,40-,41+,42+;;;/m1.../s1. The zero-order chi connectivity index (χ0) is 46.0. The Morgan fingerprint density at radius 2 is 0.839 bits per heavy atom. The van der Waals surface area contributed by atoms with Gasteiger partial charge in [0.2, 0.25) is 0 Å². The van der Waals surface area contributed by atoms with Crippen molar-refractivity contribution in [1.82, 2.24) is 0 Å². The molecule has 2 radical (unpaired) electrons. The van der Waals surface area contributed by atoms with Gasteiger partial charge in [-0.3, -0.25) is 0 Å².